The normalized spacial score (nSPS) is 16.2. The summed E-state index contributed by atoms with van der Waals surface area (Å²) in [7, 11) is 0. The van der Waals surface area contributed by atoms with Crippen LogP contribution in [0.5, 0.6) is 0 Å². The van der Waals surface area contributed by atoms with Gasteiger partial charge in [0.1, 0.15) is 0 Å². The molecule has 0 radical (unpaired) electrons. The van der Waals surface area contributed by atoms with Gasteiger partial charge in [-0.05, 0) is 29.6 Å². The zero-order valence-corrected chi connectivity index (χ0v) is 11.1. The molecule has 0 aliphatic rings. The smallest absolute Gasteiger partial charge is 0.0302 e. The van der Waals surface area contributed by atoms with Gasteiger partial charge in [0.2, 0.25) is 0 Å². The van der Waals surface area contributed by atoms with Gasteiger partial charge in [0, 0.05) is 0 Å². The number of rotatable bonds is 3. The molecule has 0 aliphatic heterocycles. The quantitative estimate of drug-likeness (QED) is 0.554. The Bertz CT molecular complexity index is 173. The summed E-state index contributed by atoms with van der Waals surface area (Å²) in [5.41, 5.74) is 0.869. The number of hydrogen-bond acceptors (Lipinski definition) is 0. The Morgan fingerprint density at radius 1 is 0.929 bits per heavy atom. The summed E-state index contributed by atoms with van der Waals surface area (Å²) < 4.78 is 0. The van der Waals surface area contributed by atoms with Crippen LogP contribution in [0.1, 0.15) is 61.3 Å². The third-order valence-corrected chi connectivity index (χ3v) is 2.86. The summed E-state index contributed by atoms with van der Waals surface area (Å²) in [5, 5.41) is 0. The monoisotopic (exact) mass is 196 g/mol. The van der Waals surface area contributed by atoms with Crippen LogP contribution in [0.4, 0.5) is 0 Å². The predicted molar refractivity (Wildman–Crippen MR) is 66.4 cm³/mol. The van der Waals surface area contributed by atoms with Crippen LogP contribution in [-0.2, 0) is 0 Å². The van der Waals surface area contributed by atoms with Crippen molar-refractivity contribution in [3.8, 4) is 0 Å². The average molecular weight is 196 g/mol. The lowest BCUT2D eigenvalue weighted by Crippen LogP contribution is -2.16. The lowest BCUT2D eigenvalue weighted by atomic mass is 9.80. The highest BCUT2D eigenvalue weighted by atomic mass is 14.2. The summed E-state index contributed by atoms with van der Waals surface area (Å²) in [6, 6.07) is 0. The van der Waals surface area contributed by atoms with Crippen LogP contribution in [0.3, 0.4) is 0 Å². The first-order valence-corrected chi connectivity index (χ1v) is 5.78. The second kappa shape index (κ2) is 5.00. The van der Waals surface area contributed by atoms with E-state index in [0.717, 1.165) is 5.92 Å². The molecule has 1 unspecified atom stereocenters. The average Bonchev–Trinajstić information content (AvgIpc) is 1.93. The van der Waals surface area contributed by atoms with Crippen LogP contribution in [0.15, 0.2) is 12.2 Å². The second-order valence-corrected chi connectivity index (χ2v) is 6.74. The van der Waals surface area contributed by atoms with Gasteiger partial charge in [-0.3, -0.25) is 0 Å². The second-order valence-electron chi connectivity index (χ2n) is 6.74. The maximum atomic E-state index is 2.35. The summed E-state index contributed by atoms with van der Waals surface area (Å²) in [6.45, 7) is 16.1. The van der Waals surface area contributed by atoms with Crippen LogP contribution in [0.2, 0.25) is 0 Å². The third-order valence-electron chi connectivity index (χ3n) is 2.86. The van der Waals surface area contributed by atoms with E-state index < -0.39 is 0 Å². The molecule has 1 atom stereocenters. The van der Waals surface area contributed by atoms with Crippen molar-refractivity contribution in [2.45, 2.75) is 61.3 Å². The van der Waals surface area contributed by atoms with Crippen LogP contribution in [0, 0.1) is 16.7 Å². The summed E-state index contributed by atoms with van der Waals surface area (Å²) in [5.74, 6) is 0.763. The largest absolute Gasteiger partial charge is 0.0882 e. The third kappa shape index (κ3) is 7.17. The molecular formula is C14H28. The van der Waals surface area contributed by atoms with Crippen molar-refractivity contribution in [3.05, 3.63) is 12.2 Å². The summed E-state index contributed by atoms with van der Waals surface area (Å²) >= 11 is 0. The molecule has 0 rings (SSSR count). The number of hydrogen-bond donors (Lipinski definition) is 0. The molecule has 0 aromatic heterocycles. The molecular weight excluding hydrogens is 168 g/mol. The van der Waals surface area contributed by atoms with E-state index in [9.17, 15) is 0 Å². The van der Waals surface area contributed by atoms with Crippen LogP contribution in [0.25, 0.3) is 0 Å². The minimum Gasteiger partial charge on any atom is -0.0882 e. The Morgan fingerprint density at radius 3 is 1.79 bits per heavy atom. The summed E-state index contributed by atoms with van der Waals surface area (Å²) in [6.07, 6.45) is 7.08. The van der Waals surface area contributed by atoms with Crippen molar-refractivity contribution in [1.29, 1.82) is 0 Å². The van der Waals surface area contributed by atoms with E-state index >= 15 is 0 Å². The fraction of sp³-hybridized carbons (Fsp3) is 0.857. The van der Waals surface area contributed by atoms with Crippen molar-refractivity contribution in [2.24, 2.45) is 16.7 Å². The standard InChI is InChI=1S/C14H28/c1-12(14(5,6)7)10-8-9-11-13(2,3)4/h8-9,12H,10-11H2,1-7H3. The minimum absolute atomic E-state index is 0.432. The van der Waals surface area contributed by atoms with E-state index in [2.05, 4.69) is 60.6 Å². The van der Waals surface area contributed by atoms with Gasteiger partial charge in [-0.2, -0.15) is 0 Å². The Kier molecular flexibility index (Phi) is 4.91. The Morgan fingerprint density at radius 2 is 1.43 bits per heavy atom. The van der Waals surface area contributed by atoms with Gasteiger partial charge in [0.15, 0.2) is 0 Å². The van der Waals surface area contributed by atoms with E-state index in [1.54, 1.807) is 0 Å². The van der Waals surface area contributed by atoms with Gasteiger partial charge in [-0.25, -0.2) is 0 Å². The summed E-state index contributed by atoms with van der Waals surface area (Å²) in [4.78, 5) is 0. The van der Waals surface area contributed by atoms with Crippen molar-refractivity contribution >= 4 is 0 Å². The Hall–Kier alpha value is -0.260. The van der Waals surface area contributed by atoms with E-state index in [4.69, 9.17) is 0 Å². The predicted octanol–water partition coefficient (Wildman–Crippen LogP) is 5.05. The molecule has 0 aromatic rings. The van der Waals surface area contributed by atoms with E-state index in [1.165, 1.54) is 12.8 Å². The molecule has 0 bridgehead atoms. The molecule has 0 heteroatoms. The van der Waals surface area contributed by atoms with Crippen molar-refractivity contribution in [2.75, 3.05) is 0 Å². The molecule has 84 valence electrons. The maximum absolute atomic E-state index is 2.35. The molecule has 0 saturated heterocycles. The molecule has 0 heterocycles. The molecule has 0 N–H and O–H groups in total. The first-order chi connectivity index (χ1) is 6.13. The Labute approximate surface area is 90.8 Å². The van der Waals surface area contributed by atoms with Gasteiger partial charge in [-0.1, -0.05) is 60.6 Å². The van der Waals surface area contributed by atoms with Gasteiger partial charge in [-0.15, -0.1) is 0 Å². The molecule has 0 aliphatic carbocycles. The SMILES string of the molecule is CC(CC=CCC(C)(C)C)C(C)(C)C. The lowest BCUT2D eigenvalue weighted by Gasteiger charge is -2.26. The van der Waals surface area contributed by atoms with Crippen LogP contribution >= 0.6 is 0 Å². The highest BCUT2D eigenvalue weighted by Crippen LogP contribution is 2.28. The van der Waals surface area contributed by atoms with Crippen molar-refractivity contribution in [3.63, 3.8) is 0 Å². The zero-order valence-electron chi connectivity index (χ0n) is 11.1. The molecule has 0 amide bonds. The number of allylic oxidation sites excluding steroid dienone is 2. The lowest BCUT2D eigenvalue weighted by molar-refractivity contribution is 0.263. The van der Waals surface area contributed by atoms with Crippen molar-refractivity contribution < 1.29 is 0 Å². The molecule has 0 saturated carbocycles. The minimum atomic E-state index is 0.432. The van der Waals surface area contributed by atoms with Gasteiger partial charge in [0.05, 0.1) is 0 Å². The Balaban J connectivity index is 3.84. The molecule has 0 nitrogen and oxygen atoms in total. The van der Waals surface area contributed by atoms with E-state index in [-0.39, 0.29) is 0 Å². The topological polar surface area (TPSA) is 0 Å². The fourth-order valence-corrected chi connectivity index (χ4v) is 1.09. The molecule has 14 heavy (non-hydrogen) atoms. The van der Waals surface area contributed by atoms with Gasteiger partial charge < -0.3 is 0 Å². The van der Waals surface area contributed by atoms with E-state index in [0.29, 0.717) is 10.8 Å². The first-order valence-electron chi connectivity index (χ1n) is 5.78. The zero-order chi connectivity index (χ0) is 11.4. The van der Waals surface area contributed by atoms with Gasteiger partial charge in [0.25, 0.3) is 0 Å². The maximum Gasteiger partial charge on any atom is -0.0302 e. The van der Waals surface area contributed by atoms with Gasteiger partial charge >= 0.3 is 0 Å². The highest BCUT2D eigenvalue weighted by molar-refractivity contribution is 4.88. The molecule has 0 spiro atoms. The highest BCUT2D eigenvalue weighted by Gasteiger charge is 2.18. The fourth-order valence-electron chi connectivity index (χ4n) is 1.09. The van der Waals surface area contributed by atoms with Crippen LogP contribution in [-0.4, -0.2) is 0 Å². The molecule has 0 aromatic carbocycles. The van der Waals surface area contributed by atoms with Crippen LogP contribution < -0.4 is 0 Å². The first kappa shape index (κ1) is 13.7. The van der Waals surface area contributed by atoms with Crippen molar-refractivity contribution in [1.82, 2.24) is 0 Å². The molecule has 0 fully saturated rings. The van der Waals surface area contributed by atoms with E-state index in [1.807, 2.05) is 0 Å².